The van der Waals surface area contributed by atoms with Gasteiger partial charge in [0.1, 0.15) is 15.9 Å². The summed E-state index contributed by atoms with van der Waals surface area (Å²) < 4.78 is 67.6. The molecule has 0 amide bonds. The molecule has 1 atom stereocenters. The summed E-state index contributed by atoms with van der Waals surface area (Å²) in [6.07, 6.45) is -1.26. The van der Waals surface area contributed by atoms with E-state index in [2.05, 4.69) is 15.2 Å². The highest BCUT2D eigenvalue weighted by molar-refractivity contribution is 7.82. The Labute approximate surface area is 218 Å². The molecule has 0 aromatic carbocycles. The Morgan fingerprint density at radius 2 is 1.95 bits per heavy atom. The molecule has 198 valence electrons. The van der Waals surface area contributed by atoms with E-state index in [1.165, 1.54) is 6.20 Å². The van der Waals surface area contributed by atoms with E-state index in [9.17, 15) is 17.4 Å². The molecule has 0 radical (unpaired) electrons. The van der Waals surface area contributed by atoms with E-state index in [0.717, 1.165) is 26.9 Å². The van der Waals surface area contributed by atoms with E-state index in [4.69, 9.17) is 14.5 Å². The van der Waals surface area contributed by atoms with Crippen LogP contribution in [0.2, 0.25) is 0 Å². The lowest BCUT2D eigenvalue weighted by Crippen LogP contribution is -2.60. The number of ether oxygens (including phenoxy) is 2. The Balaban J connectivity index is 1.29. The Morgan fingerprint density at radius 3 is 2.68 bits per heavy atom. The van der Waals surface area contributed by atoms with Crippen LogP contribution in [0.25, 0.3) is 5.65 Å². The first kappa shape index (κ1) is 24.9. The van der Waals surface area contributed by atoms with E-state index in [0.29, 0.717) is 49.1 Å². The summed E-state index contributed by atoms with van der Waals surface area (Å²) in [5.41, 5.74) is 3.33. The molecule has 1 spiro atoms. The SMILES string of the molecule is Cc1ccc(Cc2ccn3c(C(F)(F)F)nnc3c2C)nc1CN1CC2(COC2)Oc2ncccc2S1=O. The van der Waals surface area contributed by atoms with Gasteiger partial charge in [0.05, 0.1) is 32.0 Å². The highest BCUT2D eigenvalue weighted by atomic mass is 32.2. The van der Waals surface area contributed by atoms with Crippen LogP contribution >= 0.6 is 0 Å². The molecule has 6 rings (SSSR count). The highest BCUT2D eigenvalue weighted by Crippen LogP contribution is 2.35. The van der Waals surface area contributed by atoms with Gasteiger partial charge in [0.25, 0.3) is 0 Å². The molecule has 1 saturated heterocycles. The van der Waals surface area contributed by atoms with Crippen LogP contribution in [-0.2, 0) is 34.9 Å². The number of rotatable bonds is 4. The van der Waals surface area contributed by atoms with Crippen LogP contribution in [0, 0.1) is 13.8 Å². The number of fused-ring (bicyclic) bond motifs is 2. The van der Waals surface area contributed by atoms with Crippen molar-refractivity contribution in [2.24, 2.45) is 0 Å². The summed E-state index contributed by atoms with van der Waals surface area (Å²) in [6.45, 7) is 5.11. The van der Waals surface area contributed by atoms with Crippen molar-refractivity contribution in [2.45, 2.75) is 43.5 Å². The lowest BCUT2D eigenvalue weighted by Gasteiger charge is -2.41. The minimum atomic E-state index is -4.60. The number of hydrogen-bond acceptors (Lipinski definition) is 7. The first-order valence-electron chi connectivity index (χ1n) is 11.9. The van der Waals surface area contributed by atoms with E-state index < -0.39 is 28.6 Å². The molecule has 6 heterocycles. The number of aryl methyl sites for hydroxylation is 2. The third-order valence-electron chi connectivity index (χ3n) is 6.82. The van der Waals surface area contributed by atoms with E-state index in [1.807, 2.05) is 23.4 Å². The monoisotopic (exact) mass is 544 g/mol. The average molecular weight is 545 g/mol. The maximum Gasteiger partial charge on any atom is 0.452 e. The van der Waals surface area contributed by atoms with Crippen molar-refractivity contribution in [3.63, 3.8) is 0 Å². The topological polar surface area (TPSA) is 94.7 Å². The minimum Gasteiger partial charge on any atom is -0.464 e. The van der Waals surface area contributed by atoms with Gasteiger partial charge in [-0.15, -0.1) is 10.2 Å². The van der Waals surface area contributed by atoms with Crippen molar-refractivity contribution < 1.29 is 26.9 Å². The van der Waals surface area contributed by atoms with Gasteiger partial charge in [-0.1, -0.05) is 6.07 Å². The van der Waals surface area contributed by atoms with Crippen LogP contribution in [0.15, 0.2) is 47.6 Å². The third kappa shape index (κ3) is 4.33. The van der Waals surface area contributed by atoms with Gasteiger partial charge >= 0.3 is 6.18 Å². The van der Waals surface area contributed by atoms with Gasteiger partial charge in [-0.2, -0.15) is 13.2 Å². The molecule has 4 aromatic heterocycles. The molecule has 2 aliphatic heterocycles. The van der Waals surface area contributed by atoms with Crippen molar-refractivity contribution in [3.8, 4) is 5.88 Å². The second-order valence-corrected chi connectivity index (χ2v) is 11.0. The Hall–Kier alpha value is -3.42. The Kier molecular flexibility index (Phi) is 5.96. The smallest absolute Gasteiger partial charge is 0.452 e. The summed E-state index contributed by atoms with van der Waals surface area (Å²) in [5, 5.41) is 7.10. The van der Waals surface area contributed by atoms with Gasteiger partial charge in [-0.05, 0) is 54.8 Å². The van der Waals surface area contributed by atoms with Gasteiger partial charge in [0.2, 0.25) is 11.7 Å². The third-order valence-corrected chi connectivity index (χ3v) is 8.23. The molecule has 1 fully saturated rings. The van der Waals surface area contributed by atoms with Gasteiger partial charge in [-0.25, -0.2) is 13.5 Å². The van der Waals surface area contributed by atoms with E-state index in [-0.39, 0.29) is 5.65 Å². The van der Waals surface area contributed by atoms with E-state index in [1.54, 1.807) is 31.3 Å². The van der Waals surface area contributed by atoms with Gasteiger partial charge < -0.3 is 9.47 Å². The Morgan fingerprint density at radius 1 is 1.13 bits per heavy atom. The van der Waals surface area contributed by atoms with Crippen molar-refractivity contribution in [1.82, 2.24) is 28.9 Å². The second-order valence-electron chi connectivity index (χ2n) is 9.56. The summed E-state index contributed by atoms with van der Waals surface area (Å²) in [4.78, 5) is 9.64. The maximum absolute atomic E-state index is 13.6. The van der Waals surface area contributed by atoms with Crippen molar-refractivity contribution in [3.05, 3.63) is 76.6 Å². The molecule has 2 aliphatic rings. The van der Waals surface area contributed by atoms with Crippen LogP contribution in [0.5, 0.6) is 5.88 Å². The zero-order chi connectivity index (χ0) is 26.7. The largest absolute Gasteiger partial charge is 0.464 e. The lowest BCUT2D eigenvalue weighted by atomic mass is 10.0. The quantitative estimate of drug-likeness (QED) is 0.389. The van der Waals surface area contributed by atoms with Crippen LogP contribution in [-0.4, -0.2) is 58.4 Å². The van der Waals surface area contributed by atoms with Crippen molar-refractivity contribution in [1.29, 1.82) is 0 Å². The molecule has 38 heavy (non-hydrogen) atoms. The zero-order valence-electron chi connectivity index (χ0n) is 20.5. The lowest BCUT2D eigenvalue weighted by molar-refractivity contribution is -0.166. The number of alkyl halides is 3. The summed E-state index contributed by atoms with van der Waals surface area (Å²) in [6, 6.07) is 8.93. The molecule has 0 aliphatic carbocycles. The van der Waals surface area contributed by atoms with Crippen molar-refractivity contribution >= 4 is 16.6 Å². The average Bonchev–Trinajstić information content (AvgIpc) is 3.26. The van der Waals surface area contributed by atoms with Crippen LogP contribution in [0.3, 0.4) is 0 Å². The van der Waals surface area contributed by atoms with Gasteiger partial charge in [-0.3, -0.25) is 9.38 Å². The maximum atomic E-state index is 13.6. The molecular formula is C25H23F3N6O3S. The van der Waals surface area contributed by atoms with E-state index >= 15 is 0 Å². The molecule has 9 nitrogen and oxygen atoms in total. The first-order valence-corrected chi connectivity index (χ1v) is 13.0. The summed E-state index contributed by atoms with van der Waals surface area (Å²) >= 11 is 0. The predicted octanol–water partition coefficient (Wildman–Crippen LogP) is 3.43. The fourth-order valence-electron chi connectivity index (χ4n) is 4.68. The van der Waals surface area contributed by atoms with Crippen LogP contribution < -0.4 is 4.74 Å². The van der Waals surface area contributed by atoms with Crippen LogP contribution in [0.1, 0.15) is 33.9 Å². The second kappa shape index (κ2) is 9.10. The summed E-state index contributed by atoms with van der Waals surface area (Å²) in [7, 11) is -1.52. The molecule has 4 aromatic rings. The van der Waals surface area contributed by atoms with Gasteiger partial charge in [0, 0.05) is 24.5 Å². The van der Waals surface area contributed by atoms with Crippen molar-refractivity contribution in [2.75, 3.05) is 19.8 Å². The molecule has 0 N–H and O–H groups in total. The predicted molar refractivity (Wildman–Crippen MR) is 130 cm³/mol. The fraction of sp³-hybridized carbons (Fsp3) is 0.360. The highest BCUT2D eigenvalue weighted by Gasteiger charge is 2.47. The minimum absolute atomic E-state index is 0.155. The van der Waals surface area contributed by atoms with Crippen LogP contribution in [0.4, 0.5) is 13.2 Å². The molecule has 1 unspecified atom stereocenters. The number of aromatic nitrogens is 5. The van der Waals surface area contributed by atoms with Gasteiger partial charge in [0.15, 0.2) is 11.2 Å². The number of pyridine rings is 3. The number of hydrogen-bond donors (Lipinski definition) is 0. The first-order chi connectivity index (χ1) is 18.1. The molecular weight excluding hydrogens is 521 g/mol. The number of nitrogens with zero attached hydrogens (tertiary/aromatic N) is 6. The molecule has 0 saturated carbocycles. The molecule has 13 heteroatoms. The number of halogens is 3. The zero-order valence-corrected chi connectivity index (χ0v) is 21.3. The Bertz CT molecular complexity index is 1570. The summed E-state index contributed by atoms with van der Waals surface area (Å²) in [5.74, 6) is -0.707. The fourth-order valence-corrected chi connectivity index (χ4v) is 5.99. The molecule has 0 bridgehead atoms. The standard InChI is InChI=1S/C25H23F3N6O3S/c1-15-5-6-18(10-17-7-9-34-21(16(17)2)31-32-23(34)25(26,27)28)30-19(15)11-33-12-24(13-36-14-24)37-22-20(38(33)35)4-3-8-29-22/h3-9H,10-14H2,1-2H3. The normalized spacial score (nSPS) is 19.1.